The largest absolute Gasteiger partial charge is 0.495 e. The molecule has 1 aromatic carbocycles. The lowest BCUT2D eigenvalue weighted by molar-refractivity contribution is -0.119. The highest BCUT2D eigenvalue weighted by atomic mass is 19.3. The molecule has 0 unspecified atom stereocenters. The number of ether oxygens (including phenoxy) is 1. The molecule has 2 rings (SSSR count). The van der Waals surface area contributed by atoms with Crippen LogP contribution in [-0.4, -0.2) is 43.5 Å². The second-order valence-electron chi connectivity index (χ2n) is 4.88. The van der Waals surface area contributed by atoms with E-state index in [9.17, 15) is 13.6 Å². The molecule has 4 nitrogen and oxygen atoms in total. The van der Waals surface area contributed by atoms with Gasteiger partial charge in [-0.25, -0.2) is 8.78 Å². The summed E-state index contributed by atoms with van der Waals surface area (Å²) < 4.78 is 31.2. The van der Waals surface area contributed by atoms with Gasteiger partial charge in [-0.2, -0.15) is 0 Å². The van der Waals surface area contributed by atoms with Crippen LogP contribution in [0.5, 0.6) is 5.75 Å². The smallest absolute Gasteiger partial charge is 0.250 e. The number of anilines is 1. The summed E-state index contributed by atoms with van der Waals surface area (Å²) in [5, 5.41) is 2.74. The molecule has 1 heterocycles. The Bertz CT molecular complexity index is 470. The van der Waals surface area contributed by atoms with Crippen molar-refractivity contribution >= 4 is 11.6 Å². The lowest BCUT2D eigenvalue weighted by Gasteiger charge is -2.31. The van der Waals surface area contributed by atoms with Gasteiger partial charge in [0.25, 0.3) is 5.92 Å². The number of hydrogen-bond acceptors (Lipinski definition) is 3. The SMILES string of the molecule is COc1ccccc1NC(=O)CN1CCC(F)(F)CC1. The first-order chi connectivity index (χ1) is 9.50. The van der Waals surface area contributed by atoms with Gasteiger partial charge in [0.1, 0.15) is 5.75 Å². The van der Waals surface area contributed by atoms with Crippen LogP contribution in [0.25, 0.3) is 0 Å². The molecule has 1 fully saturated rings. The number of hydrogen-bond donors (Lipinski definition) is 1. The average Bonchev–Trinajstić information content (AvgIpc) is 2.42. The number of amides is 1. The summed E-state index contributed by atoms with van der Waals surface area (Å²) in [4.78, 5) is 13.7. The molecule has 20 heavy (non-hydrogen) atoms. The molecule has 6 heteroatoms. The van der Waals surface area contributed by atoms with Crippen molar-refractivity contribution in [2.75, 3.05) is 32.1 Å². The summed E-state index contributed by atoms with van der Waals surface area (Å²) in [6, 6.07) is 7.08. The van der Waals surface area contributed by atoms with Crippen molar-refractivity contribution in [3.05, 3.63) is 24.3 Å². The van der Waals surface area contributed by atoms with Crippen LogP contribution in [-0.2, 0) is 4.79 Å². The number of nitrogens with zero attached hydrogens (tertiary/aromatic N) is 1. The minimum Gasteiger partial charge on any atom is -0.495 e. The Morgan fingerprint density at radius 1 is 1.35 bits per heavy atom. The highest BCUT2D eigenvalue weighted by Gasteiger charge is 2.34. The van der Waals surface area contributed by atoms with E-state index in [-0.39, 0.29) is 38.4 Å². The Morgan fingerprint density at radius 3 is 2.65 bits per heavy atom. The van der Waals surface area contributed by atoms with Gasteiger partial charge < -0.3 is 10.1 Å². The molecule has 110 valence electrons. The fraction of sp³-hybridized carbons (Fsp3) is 0.500. The van der Waals surface area contributed by atoms with E-state index in [0.29, 0.717) is 11.4 Å². The summed E-state index contributed by atoms with van der Waals surface area (Å²) in [5.74, 6) is -2.24. The fourth-order valence-corrected chi connectivity index (χ4v) is 2.18. The van der Waals surface area contributed by atoms with Gasteiger partial charge >= 0.3 is 0 Å². The summed E-state index contributed by atoms with van der Waals surface area (Å²) in [6.07, 6.45) is -0.371. The van der Waals surface area contributed by atoms with E-state index < -0.39 is 5.92 Å². The molecule has 0 aliphatic carbocycles. The van der Waals surface area contributed by atoms with Crippen molar-refractivity contribution < 1.29 is 18.3 Å². The van der Waals surface area contributed by atoms with Gasteiger partial charge in [-0.15, -0.1) is 0 Å². The van der Waals surface area contributed by atoms with Crippen molar-refractivity contribution in [3.8, 4) is 5.75 Å². The first kappa shape index (κ1) is 14.7. The number of rotatable bonds is 4. The summed E-state index contributed by atoms with van der Waals surface area (Å²) in [6.45, 7) is 0.604. The summed E-state index contributed by atoms with van der Waals surface area (Å²) in [5.41, 5.74) is 0.585. The second-order valence-corrected chi connectivity index (χ2v) is 4.88. The number of piperidine rings is 1. The highest BCUT2D eigenvalue weighted by molar-refractivity contribution is 5.93. The number of alkyl halides is 2. The molecule has 1 aliphatic rings. The van der Waals surface area contributed by atoms with E-state index in [1.807, 2.05) is 0 Å². The molecular formula is C14H18F2N2O2. The zero-order valence-corrected chi connectivity index (χ0v) is 11.4. The number of halogens is 2. The molecule has 1 aliphatic heterocycles. The molecule has 0 aromatic heterocycles. The third kappa shape index (κ3) is 3.90. The summed E-state index contributed by atoms with van der Waals surface area (Å²) in [7, 11) is 1.53. The number of methoxy groups -OCH3 is 1. The number of benzene rings is 1. The zero-order valence-electron chi connectivity index (χ0n) is 11.4. The Hall–Kier alpha value is -1.69. The van der Waals surface area contributed by atoms with E-state index in [1.165, 1.54) is 7.11 Å². The van der Waals surface area contributed by atoms with Gasteiger partial charge in [-0.1, -0.05) is 12.1 Å². The van der Waals surface area contributed by atoms with Crippen LogP contribution in [0.1, 0.15) is 12.8 Å². The first-order valence-corrected chi connectivity index (χ1v) is 6.53. The highest BCUT2D eigenvalue weighted by Crippen LogP contribution is 2.27. The van der Waals surface area contributed by atoms with E-state index in [0.717, 1.165) is 0 Å². The van der Waals surface area contributed by atoms with Crippen molar-refractivity contribution in [1.29, 1.82) is 0 Å². The molecule has 0 bridgehead atoms. The molecule has 0 saturated carbocycles. The predicted molar refractivity (Wildman–Crippen MR) is 72.2 cm³/mol. The summed E-state index contributed by atoms with van der Waals surface area (Å²) >= 11 is 0. The lowest BCUT2D eigenvalue weighted by Crippen LogP contribution is -2.43. The lowest BCUT2D eigenvalue weighted by atomic mass is 10.1. The Labute approximate surface area is 116 Å². The average molecular weight is 284 g/mol. The standard InChI is InChI=1S/C14H18F2N2O2/c1-20-12-5-3-2-4-11(12)17-13(19)10-18-8-6-14(15,16)7-9-18/h2-5H,6-10H2,1H3,(H,17,19). The topological polar surface area (TPSA) is 41.6 Å². The molecule has 1 aromatic rings. The van der Waals surface area contributed by atoms with Gasteiger partial charge in [0, 0.05) is 25.9 Å². The van der Waals surface area contributed by atoms with Gasteiger partial charge in [-0.05, 0) is 12.1 Å². The fourth-order valence-electron chi connectivity index (χ4n) is 2.18. The molecular weight excluding hydrogens is 266 g/mol. The predicted octanol–water partition coefficient (Wildman–Crippen LogP) is 2.36. The van der Waals surface area contributed by atoms with Crippen LogP contribution in [0, 0.1) is 0 Å². The van der Waals surface area contributed by atoms with E-state index in [1.54, 1.807) is 29.2 Å². The van der Waals surface area contributed by atoms with Crippen LogP contribution in [0.2, 0.25) is 0 Å². The van der Waals surface area contributed by atoms with Crippen molar-refractivity contribution in [2.24, 2.45) is 0 Å². The van der Waals surface area contributed by atoms with Crippen molar-refractivity contribution in [1.82, 2.24) is 4.90 Å². The normalized spacial score (nSPS) is 18.6. The Kier molecular flexibility index (Phi) is 4.54. The maximum Gasteiger partial charge on any atom is 0.250 e. The third-order valence-electron chi connectivity index (χ3n) is 3.34. The second kappa shape index (κ2) is 6.17. The van der Waals surface area contributed by atoms with Crippen LogP contribution >= 0.6 is 0 Å². The molecule has 0 atom stereocenters. The minimum absolute atomic E-state index is 0.119. The third-order valence-corrected chi connectivity index (χ3v) is 3.34. The molecule has 1 N–H and O–H groups in total. The molecule has 0 radical (unpaired) electrons. The van der Waals surface area contributed by atoms with E-state index in [4.69, 9.17) is 4.74 Å². The van der Waals surface area contributed by atoms with E-state index >= 15 is 0 Å². The Balaban J connectivity index is 1.87. The number of nitrogens with one attached hydrogen (secondary N) is 1. The maximum absolute atomic E-state index is 13.0. The van der Waals surface area contributed by atoms with Gasteiger partial charge in [-0.3, -0.25) is 9.69 Å². The number of carbonyl (C=O) groups is 1. The number of para-hydroxylation sites is 2. The van der Waals surface area contributed by atoms with Crippen LogP contribution in [0.3, 0.4) is 0 Å². The quantitative estimate of drug-likeness (QED) is 0.923. The van der Waals surface area contributed by atoms with Crippen LogP contribution < -0.4 is 10.1 Å². The first-order valence-electron chi connectivity index (χ1n) is 6.53. The van der Waals surface area contributed by atoms with E-state index in [2.05, 4.69) is 5.32 Å². The van der Waals surface area contributed by atoms with Crippen LogP contribution in [0.4, 0.5) is 14.5 Å². The number of likely N-dealkylation sites (tertiary alicyclic amines) is 1. The monoisotopic (exact) mass is 284 g/mol. The zero-order chi connectivity index (χ0) is 14.6. The van der Waals surface area contributed by atoms with Crippen LogP contribution in [0.15, 0.2) is 24.3 Å². The molecule has 1 amide bonds. The Morgan fingerprint density at radius 2 is 2.00 bits per heavy atom. The van der Waals surface area contributed by atoms with Gasteiger partial charge in [0.05, 0.1) is 19.3 Å². The van der Waals surface area contributed by atoms with Crippen molar-refractivity contribution in [2.45, 2.75) is 18.8 Å². The number of carbonyl (C=O) groups excluding carboxylic acids is 1. The maximum atomic E-state index is 13.0. The molecule has 0 spiro atoms. The van der Waals surface area contributed by atoms with Crippen molar-refractivity contribution in [3.63, 3.8) is 0 Å². The minimum atomic E-state index is -2.59. The molecule has 1 saturated heterocycles. The van der Waals surface area contributed by atoms with Gasteiger partial charge in [0.2, 0.25) is 5.91 Å². The van der Waals surface area contributed by atoms with Gasteiger partial charge in [0.15, 0.2) is 0 Å².